The molecule has 2 radical (unpaired) electrons. The highest BCUT2D eigenvalue weighted by Gasteiger charge is 2.06. The smallest absolute Gasteiger partial charge is 0.0417 e. The first-order valence-electron chi connectivity index (χ1n) is 13.9. The van der Waals surface area contributed by atoms with Crippen LogP contribution in [0.1, 0.15) is 167 Å². The molecule has 29 heavy (non-hydrogen) atoms. The van der Waals surface area contributed by atoms with E-state index in [0.29, 0.717) is 0 Å². The van der Waals surface area contributed by atoms with Gasteiger partial charge in [-0.05, 0) is 5.92 Å². The molecule has 0 N–H and O–H groups in total. The summed E-state index contributed by atoms with van der Waals surface area (Å²) in [5.41, 5.74) is 0. The highest BCUT2D eigenvalue weighted by molar-refractivity contribution is 4.59. The van der Waals surface area contributed by atoms with Gasteiger partial charge in [-0.15, -0.1) is 0 Å². The average Bonchev–Trinajstić information content (AvgIpc) is 2.74. The van der Waals surface area contributed by atoms with Crippen molar-refractivity contribution in [3.63, 3.8) is 0 Å². The summed E-state index contributed by atoms with van der Waals surface area (Å²) in [4.78, 5) is 0. The summed E-state index contributed by atoms with van der Waals surface area (Å²) in [6, 6.07) is 0. The molecule has 0 heteroatoms. The molecule has 0 heterocycles. The summed E-state index contributed by atoms with van der Waals surface area (Å²) < 4.78 is 0. The minimum Gasteiger partial charge on any atom is -0.0651 e. The van der Waals surface area contributed by atoms with Crippen LogP contribution in [-0.2, 0) is 0 Å². The lowest BCUT2D eigenvalue weighted by atomic mass is 9.92. The maximum Gasteiger partial charge on any atom is -0.0417 e. The van der Waals surface area contributed by atoms with Crippen molar-refractivity contribution in [2.75, 3.05) is 0 Å². The van der Waals surface area contributed by atoms with E-state index in [1.807, 2.05) is 0 Å². The fourth-order valence-electron chi connectivity index (χ4n) is 4.60. The number of rotatable bonds is 25. The van der Waals surface area contributed by atoms with Crippen LogP contribution in [0, 0.1) is 19.8 Å². The van der Waals surface area contributed by atoms with Crippen molar-refractivity contribution >= 4 is 0 Å². The Hall–Kier alpha value is 0. The third-order valence-corrected chi connectivity index (χ3v) is 6.80. The first-order chi connectivity index (χ1) is 14.3. The second-order valence-electron chi connectivity index (χ2n) is 9.63. The summed E-state index contributed by atoms with van der Waals surface area (Å²) in [6.45, 7) is 10.3. The summed E-state index contributed by atoms with van der Waals surface area (Å²) in [6.07, 6.45) is 35.6. The van der Waals surface area contributed by atoms with Crippen LogP contribution >= 0.6 is 0 Å². The van der Waals surface area contributed by atoms with E-state index in [4.69, 9.17) is 0 Å². The van der Waals surface area contributed by atoms with E-state index in [2.05, 4.69) is 20.8 Å². The minimum atomic E-state index is 1.01. The van der Waals surface area contributed by atoms with Gasteiger partial charge in [-0.1, -0.05) is 181 Å². The summed E-state index contributed by atoms with van der Waals surface area (Å²) in [5, 5.41) is 0. The summed E-state index contributed by atoms with van der Waals surface area (Å²) in [7, 11) is 0. The molecular weight excluding hydrogens is 348 g/mol. The van der Waals surface area contributed by atoms with Crippen LogP contribution in [0.2, 0.25) is 0 Å². The molecule has 0 aliphatic rings. The van der Waals surface area contributed by atoms with Gasteiger partial charge in [0.2, 0.25) is 0 Å². The van der Waals surface area contributed by atoms with Crippen LogP contribution in [0.4, 0.5) is 0 Å². The summed E-state index contributed by atoms with van der Waals surface area (Å²) in [5.74, 6) is 1.01. The van der Waals surface area contributed by atoms with Gasteiger partial charge >= 0.3 is 0 Å². The number of hydrogen-bond acceptors (Lipinski definition) is 0. The van der Waals surface area contributed by atoms with Gasteiger partial charge in [-0.2, -0.15) is 0 Å². The molecular formula is C29H58. The lowest BCUT2D eigenvalue weighted by Crippen LogP contribution is -1.99. The van der Waals surface area contributed by atoms with E-state index in [1.165, 1.54) is 148 Å². The molecule has 0 bridgehead atoms. The van der Waals surface area contributed by atoms with Gasteiger partial charge < -0.3 is 0 Å². The summed E-state index contributed by atoms with van der Waals surface area (Å²) >= 11 is 0. The molecule has 1 atom stereocenters. The Kier molecular flexibility index (Phi) is 26.0. The van der Waals surface area contributed by atoms with Crippen LogP contribution < -0.4 is 0 Å². The van der Waals surface area contributed by atoms with E-state index >= 15 is 0 Å². The van der Waals surface area contributed by atoms with Crippen molar-refractivity contribution in [2.45, 2.75) is 167 Å². The molecule has 0 fully saturated rings. The zero-order valence-corrected chi connectivity index (χ0v) is 20.7. The normalized spacial score (nSPS) is 12.5. The third kappa shape index (κ3) is 24.1. The van der Waals surface area contributed by atoms with Crippen LogP contribution in [0.25, 0.3) is 0 Å². The maximum atomic E-state index is 3.93. The third-order valence-electron chi connectivity index (χ3n) is 6.80. The predicted molar refractivity (Wildman–Crippen MR) is 135 cm³/mol. The van der Waals surface area contributed by atoms with Gasteiger partial charge in [-0.3, -0.25) is 0 Å². The Labute approximate surface area is 187 Å². The van der Waals surface area contributed by atoms with Gasteiger partial charge in [0.1, 0.15) is 0 Å². The molecule has 0 saturated carbocycles. The molecule has 0 rings (SSSR count). The quantitative estimate of drug-likeness (QED) is 0.132. The van der Waals surface area contributed by atoms with E-state index in [0.717, 1.165) is 18.8 Å². The van der Waals surface area contributed by atoms with E-state index in [-0.39, 0.29) is 0 Å². The molecule has 0 aromatic rings. The molecule has 0 amide bonds. The number of hydrogen-bond donors (Lipinski definition) is 0. The molecule has 0 aliphatic heterocycles. The molecule has 0 aromatic carbocycles. The topological polar surface area (TPSA) is 0 Å². The average molecular weight is 407 g/mol. The highest BCUT2D eigenvalue weighted by Crippen LogP contribution is 2.22. The highest BCUT2D eigenvalue weighted by atomic mass is 14.1. The Morgan fingerprint density at radius 3 is 0.862 bits per heavy atom. The van der Waals surface area contributed by atoms with Crippen molar-refractivity contribution < 1.29 is 0 Å². The Morgan fingerprint density at radius 1 is 0.379 bits per heavy atom. The van der Waals surface area contributed by atoms with Crippen LogP contribution in [0.3, 0.4) is 0 Å². The molecule has 174 valence electrons. The fraction of sp³-hybridized carbons (Fsp3) is 0.931. The SMILES string of the molecule is [CH2]CCCCCCCCCCCCCCCC(CC)CCCCCCCCC[CH2]. The molecule has 0 aromatic heterocycles. The monoisotopic (exact) mass is 406 g/mol. The molecule has 0 nitrogen and oxygen atoms in total. The van der Waals surface area contributed by atoms with Crippen molar-refractivity contribution in [2.24, 2.45) is 5.92 Å². The lowest BCUT2D eigenvalue weighted by molar-refractivity contribution is 0.392. The zero-order valence-electron chi connectivity index (χ0n) is 20.7. The first-order valence-corrected chi connectivity index (χ1v) is 13.9. The van der Waals surface area contributed by atoms with Crippen molar-refractivity contribution in [1.29, 1.82) is 0 Å². The Balaban J connectivity index is 3.25. The van der Waals surface area contributed by atoms with Crippen molar-refractivity contribution in [1.82, 2.24) is 0 Å². The second kappa shape index (κ2) is 26.0. The standard InChI is InChI=1S/C29H58/c1-4-7-9-11-13-15-16-17-18-19-20-22-24-26-28-29(6-3)27-25-23-21-14-12-10-8-5-2/h29H,1-2,4-28H2,3H3. The first kappa shape index (κ1) is 29.0. The van der Waals surface area contributed by atoms with Gasteiger partial charge in [0, 0.05) is 0 Å². The lowest BCUT2D eigenvalue weighted by Gasteiger charge is -2.14. The van der Waals surface area contributed by atoms with Crippen LogP contribution in [0.5, 0.6) is 0 Å². The maximum absolute atomic E-state index is 3.93. The van der Waals surface area contributed by atoms with Crippen molar-refractivity contribution in [3.05, 3.63) is 13.8 Å². The Morgan fingerprint density at radius 2 is 0.621 bits per heavy atom. The molecule has 0 spiro atoms. The van der Waals surface area contributed by atoms with Crippen LogP contribution in [-0.4, -0.2) is 0 Å². The molecule has 1 unspecified atom stereocenters. The van der Waals surface area contributed by atoms with Crippen LogP contribution in [0.15, 0.2) is 0 Å². The fourth-order valence-corrected chi connectivity index (χ4v) is 4.60. The second-order valence-corrected chi connectivity index (χ2v) is 9.63. The number of unbranched alkanes of at least 4 members (excludes halogenated alkanes) is 20. The minimum absolute atomic E-state index is 1.01. The molecule has 0 aliphatic carbocycles. The van der Waals surface area contributed by atoms with Gasteiger partial charge in [-0.25, -0.2) is 0 Å². The van der Waals surface area contributed by atoms with E-state index in [9.17, 15) is 0 Å². The molecule has 0 saturated heterocycles. The van der Waals surface area contributed by atoms with Gasteiger partial charge in [0.15, 0.2) is 0 Å². The zero-order chi connectivity index (χ0) is 21.3. The van der Waals surface area contributed by atoms with E-state index < -0.39 is 0 Å². The van der Waals surface area contributed by atoms with Gasteiger partial charge in [0.25, 0.3) is 0 Å². The van der Waals surface area contributed by atoms with Gasteiger partial charge in [0.05, 0.1) is 0 Å². The predicted octanol–water partition coefficient (Wildman–Crippen LogP) is 11.0. The Bertz CT molecular complexity index is 269. The largest absolute Gasteiger partial charge is 0.0651 e. The van der Waals surface area contributed by atoms with E-state index in [1.54, 1.807) is 0 Å². The van der Waals surface area contributed by atoms with Crippen molar-refractivity contribution in [3.8, 4) is 0 Å².